The van der Waals surface area contributed by atoms with Crippen LogP contribution in [0.25, 0.3) is 34.2 Å². The Kier molecular flexibility index (Phi) is 4.84. The van der Waals surface area contributed by atoms with E-state index in [1.807, 2.05) is 0 Å². The minimum Gasteiger partial charge on any atom is -0.334 e. The largest absolute Gasteiger partial charge is 0.334 e. The summed E-state index contributed by atoms with van der Waals surface area (Å²) in [6, 6.07) is 4.46. The van der Waals surface area contributed by atoms with Crippen LogP contribution in [0.4, 0.5) is 22.0 Å². The number of nitrogens with zero attached hydrogens (tertiary/aromatic N) is 6. The van der Waals surface area contributed by atoms with E-state index >= 15 is 0 Å². The summed E-state index contributed by atoms with van der Waals surface area (Å²) in [6.45, 7) is 1.05. The summed E-state index contributed by atoms with van der Waals surface area (Å²) in [5.41, 5.74) is -0.392. The number of hydrogen-bond donors (Lipinski definition) is 0. The molecule has 2 aliphatic rings. The predicted octanol–water partition coefficient (Wildman–Crippen LogP) is 4.55. The highest BCUT2D eigenvalue weighted by Crippen LogP contribution is 2.28. The first-order chi connectivity index (χ1) is 15.8. The molecular formula is C21H11F5N6O. The maximum absolute atomic E-state index is 14.2. The van der Waals surface area contributed by atoms with Gasteiger partial charge >= 0.3 is 0 Å². The van der Waals surface area contributed by atoms with Crippen LogP contribution in [0.1, 0.15) is 11.4 Å². The highest BCUT2D eigenvalue weighted by molar-refractivity contribution is 5.65. The van der Waals surface area contributed by atoms with E-state index in [0.29, 0.717) is 11.4 Å². The summed E-state index contributed by atoms with van der Waals surface area (Å²) in [4.78, 5) is 12.3. The molecule has 0 bridgehead atoms. The molecule has 0 aliphatic carbocycles. The van der Waals surface area contributed by atoms with Gasteiger partial charge in [-0.05, 0) is 25.1 Å². The lowest BCUT2D eigenvalue weighted by Gasteiger charge is -2.04. The first-order valence-electron chi connectivity index (χ1n) is 9.43. The molecule has 0 atom stereocenters. The van der Waals surface area contributed by atoms with Gasteiger partial charge in [-0.25, -0.2) is 31.9 Å². The molecule has 1 aromatic heterocycles. The van der Waals surface area contributed by atoms with Gasteiger partial charge in [0.05, 0.1) is 23.5 Å². The fourth-order valence-corrected chi connectivity index (χ4v) is 3.16. The third-order valence-corrected chi connectivity index (χ3v) is 4.90. The number of hydrogen-bond acceptors (Lipinski definition) is 6. The van der Waals surface area contributed by atoms with Crippen molar-refractivity contribution >= 4 is 0 Å². The maximum Gasteiger partial charge on any atom is 0.261 e. The third-order valence-electron chi connectivity index (χ3n) is 4.90. The van der Waals surface area contributed by atoms with Crippen LogP contribution in [0.3, 0.4) is 0 Å². The van der Waals surface area contributed by atoms with E-state index in [-0.39, 0.29) is 23.8 Å². The van der Waals surface area contributed by atoms with Crippen molar-refractivity contribution in [3.63, 3.8) is 0 Å². The van der Waals surface area contributed by atoms with Crippen molar-refractivity contribution < 1.29 is 26.5 Å². The quantitative estimate of drug-likeness (QED) is 0.290. The Morgan fingerprint density at radius 3 is 2.48 bits per heavy atom. The van der Waals surface area contributed by atoms with E-state index in [2.05, 4.69) is 25.2 Å². The van der Waals surface area contributed by atoms with Crippen LogP contribution < -0.4 is 0 Å². The fourth-order valence-electron chi connectivity index (χ4n) is 3.16. The molecule has 3 aromatic rings. The van der Waals surface area contributed by atoms with Gasteiger partial charge in [0.2, 0.25) is 0 Å². The molecular weight excluding hydrogens is 447 g/mol. The topological polar surface area (TPSA) is 82.5 Å². The average molecular weight is 458 g/mol. The molecule has 0 N–H and O–H groups in total. The minimum atomic E-state index is -1.34. The zero-order valence-corrected chi connectivity index (χ0v) is 16.7. The number of aromatic nitrogens is 6. The van der Waals surface area contributed by atoms with Crippen LogP contribution in [0.5, 0.6) is 0 Å². The molecule has 2 aromatic carbocycles. The van der Waals surface area contributed by atoms with Crippen molar-refractivity contribution in [2.24, 2.45) is 0 Å². The van der Waals surface area contributed by atoms with Crippen LogP contribution >= 0.6 is 0 Å². The van der Waals surface area contributed by atoms with Crippen molar-refractivity contribution in [1.29, 1.82) is 0 Å². The van der Waals surface area contributed by atoms with Gasteiger partial charge in [-0.2, -0.15) is 10.1 Å². The van der Waals surface area contributed by atoms with E-state index in [1.165, 1.54) is 29.2 Å². The van der Waals surface area contributed by atoms with Crippen LogP contribution in [0, 0.1) is 36.0 Å². The standard InChI is InChI=1S/C21H11F5N6O/c1-9-13(23)5-11(19(26)17(9)24)21-30-16(31-33-21)8-32-7-15-14(6-27-32)28-20(29-15)10-3-2-4-12(22)18(10)25/h2-7H,8H2,1H3. The molecule has 12 heteroatoms. The van der Waals surface area contributed by atoms with Gasteiger partial charge in [-0.3, -0.25) is 4.68 Å². The molecule has 0 saturated heterocycles. The molecule has 0 spiro atoms. The van der Waals surface area contributed by atoms with Crippen LogP contribution in [-0.4, -0.2) is 29.9 Å². The molecule has 3 heterocycles. The van der Waals surface area contributed by atoms with E-state index in [0.717, 1.165) is 19.1 Å². The minimum absolute atomic E-state index is 0.0118. The lowest BCUT2D eigenvalue weighted by molar-refractivity contribution is 0.413. The molecule has 0 radical (unpaired) electrons. The highest BCUT2D eigenvalue weighted by Gasteiger charge is 2.22. The number of halogens is 5. The average Bonchev–Trinajstić information content (AvgIpc) is 3.43. The Morgan fingerprint density at radius 1 is 0.879 bits per heavy atom. The van der Waals surface area contributed by atoms with Gasteiger partial charge in [-0.1, -0.05) is 11.2 Å². The van der Waals surface area contributed by atoms with E-state index in [4.69, 9.17) is 4.52 Å². The Labute approximate surface area is 181 Å². The van der Waals surface area contributed by atoms with Crippen molar-refractivity contribution in [2.45, 2.75) is 13.5 Å². The third kappa shape index (κ3) is 3.58. The van der Waals surface area contributed by atoms with Gasteiger partial charge in [0.15, 0.2) is 34.9 Å². The van der Waals surface area contributed by atoms with Crippen molar-refractivity contribution in [1.82, 2.24) is 29.9 Å². The van der Waals surface area contributed by atoms with Crippen molar-refractivity contribution in [3.8, 4) is 34.2 Å². The smallest absolute Gasteiger partial charge is 0.261 e. The van der Waals surface area contributed by atoms with E-state index in [1.54, 1.807) is 0 Å². The Morgan fingerprint density at radius 2 is 1.67 bits per heavy atom. The van der Waals surface area contributed by atoms with Gasteiger partial charge in [-0.15, -0.1) is 0 Å². The van der Waals surface area contributed by atoms with E-state index in [9.17, 15) is 22.0 Å². The second-order valence-corrected chi connectivity index (χ2v) is 7.06. The fraction of sp³-hybridized carbons (Fsp3) is 0.0952. The zero-order chi connectivity index (χ0) is 23.3. The van der Waals surface area contributed by atoms with Crippen LogP contribution in [0.2, 0.25) is 0 Å². The first-order valence-corrected chi connectivity index (χ1v) is 9.43. The van der Waals surface area contributed by atoms with Crippen molar-refractivity contribution in [2.75, 3.05) is 0 Å². The summed E-state index contributed by atoms with van der Waals surface area (Å²) >= 11 is 0. The summed E-state index contributed by atoms with van der Waals surface area (Å²) in [7, 11) is 0. The summed E-state index contributed by atoms with van der Waals surface area (Å²) in [6.07, 6.45) is 2.82. The Balaban J connectivity index is 1.44. The summed E-state index contributed by atoms with van der Waals surface area (Å²) in [5, 5.41) is 7.80. The normalized spacial score (nSPS) is 11.5. The van der Waals surface area contributed by atoms with Gasteiger partial charge in [0, 0.05) is 5.56 Å². The lowest BCUT2D eigenvalue weighted by Crippen LogP contribution is -2.07. The predicted molar refractivity (Wildman–Crippen MR) is 103 cm³/mol. The highest BCUT2D eigenvalue weighted by atomic mass is 19.2. The van der Waals surface area contributed by atoms with Gasteiger partial charge in [0.25, 0.3) is 5.89 Å². The van der Waals surface area contributed by atoms with Gasteiger partial charge in [0.1, 0.15) is 23.7 Å². The number of imidazole rings is 1. The van der Waals surface area contributed by atoms with E-state index < -0.39 is 46.1 Å². The molecule has 166 valence electrons. The number of benzene rings is 2. The molecule has 33 heavy (non-hydrogen) atoms. The van der Waals surface area contributed by atoms with Crippen LogP contribution in [-0.2, 0) is 6.54 Å². The zero-order valence-electron chi connectivity index (χ0n) is 16.7. The maximum atomic E-state index is 14.2. The Hall–Kier alpha value is -4.22. The number of rotatable bonds is 4. The second kappa shape index (κ2) is 7.73. The Bertz CT molecular complexity index is 1480. The monoisotopic (exact) mass is 458 g/mol. The van der Waals surface area contributed by atoms with Gasteiger partial charge < -0.3 is 4.52 Å². The lowest BCUT2D eigenvalue weighted by atomic mass is 10.1. The molecule has 2 aliphatic heterocycles. The SMILES string of the molecule is Cc1c(F)cc(-c2nc(Cn3cc4nc(-c5cccc(F)c5F)nc-4cn3)no2)c(F)c1F. The molecule has 0 amide bonds. The molecule has 0 unspecified atom stereocenters. The van der Waals surface area contributed by atoms with Crippen molar-refractivity contribution in [3.05, 3.63) is 77.1 Å². The second-order valence-electron chi connectivity index (χ2n) is 7.06. The molecule has 7 nitrogen and oxygen atoms in total. The van der Waals surface area contributed by atoms with Crippen LogP contribution in [0.15, 0.2) is 41.2 Å². The molecule has 0 saturated carbocycles. The first kappa shape index (κ1) is 20.7. The number of fused-ring (bicyclic) bond motifs is 1. The molecule has 0 fully saturated rings. The summed E-state index contributed by atoms with van der Waals surface area (Å²) < 4.78 is 75.7. The summed E-state index contributed by atoms with van der Waals surface area (Å²) in [5.74, 6) is -6.06. The molecule has 5 rings (SSSR count).